The van der Waals surface area contributed by atoms with Gasteiger partial charge in [-0.25, -0.2) is 0 Å². The molecular formula is C18H31NO4. The van der Waals surface area contributed by atoms with E-state index in [1.807, 2.05) is 13.8 Å². The quantitative estimate of drug-likeness (QED) is 0.576. The van der Waals surface area contributed by atoms with Gasteiger partial charge in [0, 0.05) is 15.3 Å². The smallest absolute Gasteiger partial charge is 0.119 e. The van der Waals surface area contributed by atoms with E-state index in [0.29, 0.717) is 19.8 Å². The molecule has 0 amide bonds. The van der Waals surface area contributed by atoms with Crippen molar-refractivity contribution in [3.8, 4) is 5.75 Å². The van der Waals surface area contributed by atoms with Gasteiger partial charge in [-0.1, -0.05) is 26.0 Å². The molecule has 0 saturated carbocycles. The van der Waals surface area contributed by atoms with Gasteiger partial charge in [-0.3, -0.25) is 0 Å². The number of nitrogens with one attached hydrogen (secondary N) is 1. The normalized spacial score (nSPS) is 18.7. The van der Waals surface area contributed by atoms with Crippen LogP contribution in [0.25, 0.3) is 0 Å². The van der Waals surface area contributed by atoms with Gasteiger partial charge >= 0.3 is 0 Å². The summed E-state index contributed by atoms with van der Waals surface area (Å²) in [6.07, 6.45) is -3.05. The molecule has 1 atom stereocenters. The molecule has 2 N–H and O–H groups in total. The van der Waals surface area contributed by atoms with Crippen molar-refractivity contribution in [3.63, 3.8) is 0 Å². The largest absolute Gasteiger partial charge is 0.491 e. The molecule has 1 unspecified atom stereocenters. The van der Waals surface area contributed by atoms with Crippen LogP contribution >= 0.6 is 0 Å². The van der Waals surface area contributed by atoms with Crippen LogP contribution < -0.4 is 10.1 Å². The van der Waals surface area contributed by atoms with Gasteiger partial charge in [-0.2, -0.15) is 0 Å². The number of hydrogen-bond donors (Lipinski definition) is 2. The SMILES string of the molecule is [2H]C([2H])(NC(C)C)C([2H])(O)C([2H])([2H])Oc1ccc(COCCOC(C)C)cc1. The number of benzene rings is 1. The van der Waals surface area contributed by atoms with E-state index >= 15 is 0 Å². The molecule has 0 aliphatic rings. The van der Waals surface area contributed by atoms with Crippen LogP contribution in [0.1, 0.15) is 40.1 Å². The van der Waals surface area contributed by atoms with Crippen molar-refractivity contribution in [1.29, 1.82) is 0 Å². The van der Waals surface area contributed by atoms with E-state index < -0.39 is 25.2 Å². The summed E-state index contributed by atoms with van der Waals surface area (Å²) in [5.74, 6) is 0.0583. The van der Waals surface area contributed by atoms with Crippen molar-refractivity contribution in [2.75, 3.05) is 26.3 Å². The second kappa shape index (κ2) is 11.4. The van der Waals surface area contributed by atoms with Crippen LogP contribution in [0.4, 0.5) is 0 Å². The zero-order valence-electron chi connectivity index (χ0n) is 19.3. The third kappa shape index (κ3) is 10.3. The van der Waals surface area contributed by atoms with Gasteiger partial charge in [0.25, 0.3) is 0 Å². The fourth-order valence-corrected chi connectivity index (χ4v) is 1.53. The number of ether oxygens (including phenoxy) is 3. The number of aliphatic hydroxyl groups is 1. The van der Waals surface area contributed by atoms with Crippen LogP contribution in [0.5, 0.6) is 5.75 Å². The Bertz CT molecular complexity index is 594. The third-order valence-corrected chi connectivity index (χ3v) is 2.62. The summed E-state index contributed by atoms with van der Waals surface area (Å²) in [5, 5.41) is 12.6. The maximum absolute atomic E-state index is 10.2. The molecule has 1 rings (SSSR count). The van der Waals surface area contributed by atoms with Crippen molar-refractivity contribution >= 4 is 0 Å². The Morgan fingerprint density at radius 3 is 2.48 bits per heavy atom. The first-order chi connectivity index (χ1) is 12.8. The molecule has 5 nitrogen and oxygen atoms in total. The van der Waals surface area contributed by atoms with E-state index in [1.165, 1.54) is 12.1 Å². The molecule has 23 heavy (non-hydrogen) atoms. The van der Waals surface area contributed by atoms with E-state index in [1.54, 1.807) is 26.0 Å². The second-order valence-corrected chi connectivity index (χ2v) is 5.59. The van der Waals surface area contributed by atoms with E-state index in [9.17, 15) is 5.11 Å². The molecule has 1 aromatic rings. The fraction of sp³-hybridized carbons (Fsp3) is 0.667. The molecule has 0 fully saturated rings. The number of rotatable bonds is 12. The summed E-state index contributed by atoms with van der Waals surface area (Å²) in [7, 11) is 0. The predicted molar refractivity (Wildman–Crippen MR) is 91.8 cm³/mol. The first-order valence-corrected chi connectivity index (χ1v) is 7.76. The van der Waals surface area contributed by atoms with Crippen LogP contribution in [0, 0.1) is 0 Å². The van der Waals surface area contributed by atoms with Gasteiger partial charge in [0.05, 0.1) is 30.0 Å². The lowest BCUT2D eigenvalue weighted by Crippen LogP contribution is -2.35. The summed E-state index contributed by atoms with van der Waals surface area (Å²) in [5.41, 5.74) is 0.829. The highest BCUT2D eigenvalue weighted by Gasteiger charge is 2.06. The summed E-state index contributed by atoms with van der Waals surface area (Å²) in [6, 6.07) is 5.87. The molecule has 132 valence electrons. The highest BCUT2D eigenvalue weighted by Crippen LogP contribution is 2.13. The Labute approximate surface area is 147 Å². The molecule has 0 aromatic heterocycles. The van der Waals surface area contributed by atoms with E-state index in [2.05, 4.69) is 5.32 Å². The Kier molecular flexibility index (Phi) is 6.54. The zero-order valence-corrected chi connectivity index (χ0v) is 14.3. The minimum Gasteiger partial charge on any atom is -0.491 e. The van der Waals surface area contributed by atoms with Gasteiger partial charge in [-0.15, -0.1) is 0 Å². The van der Waals surface area contributed by atoms with E-state index in [0.717, 1.165) is 5.56 Å². The fourth-order valence-electron chi connectivity index (χ4n) is 1.53. The topological polar surface area (TPSA) is 60.0 Å². The Balaban J connectivity index is 2.68. The third-order valence-electron chi connectivity index (χ3n) is 2.62. The van der Waals surface area contributed by atoms with Crippen molar-refractivity contribution in [2.24, 2.45) is 0 Å². The molecule has 0 spiro atoms. The molecule has 0 bridgehead atoms. The lowest BCUT2D eigenvalue weighted by Gasteiger charge is -2.15. The highest BCUT2D eigenvalue weighted by atomic mass is 16.5. The maximum Gasteiger partial charge on any atom is 0.119 e. The molecule has 5 heteroatoms. The Morgan fingerprint density at radius 1 is 1.17 bits per heavy atom. The monoisotopic (exact) mass is 330 g/mol. The second-order valence-electron chi connectivity index (χ2n) is 5.59. The summed E-state index contributed by atoms with van der Waals surface area (Å²) < 4.78 is 55.3. The lowest BCUT2D eigenvalue weighted by molar-refractivity contribution is 0.0143. The average molecular weight is 330 g/mol. The molecule has 1 aromatic carbocycles. The highest BCUT2D eigenvalue weighted by molar-refractivity contribution is 5.26. The molecule has 0 radical (unpaired) electrons. The standard InChI is InChI=1S/C18H31NO4/c1-14(2)19-11-17(20)13-23-18-7-5-16(6-8-18)12-21-9-10-22-15(3)4/h5-8,14-15,17,19-20H,9-13H2,1-4H3/i11D2,13D2,17D. The first kappa shape index (κ1) is 13.2. The van der Waals surface area contributed by atoms with Gasteiger partial charge in [0.2, 0.25) is 0 Å². The first-order valence-electron chi connectivity index (χ1n) is 10.3. The molecule has 0 heterocycles. The predicted octanol–water partition coefficient (Wildman–Crippen LogP) is 2.37. The van der Waals surface area contributed by atoms with Crippen LogP contribution in [-0.4, -0.2) is 49.6 Å². The average Bonchev–Trinajstić information content (AvgIpc) is 2.54. The zero-order chi connectivity index (χ0) is 21.6. The van der Waals surface area contributed by atoms with Gasteiger partial charge in [-0.05, 0) is 31.5 Å². The van der Waals surface area contributed by atoms with Crippen LogP contribution in [0.2, 0.25) is 0 Å². The molecule has 0 aliphatic carbocycles. The molecule has 0 saturated heterocycles. The molecular weight excluding hydrogens is 294 g/mol. The Morgan fingerprint density at radius 2 is 1.87 bits per heavy atom. The van der Waals surface area contributed by atoms with E-state index in [-0.39, 0.29) is 11.9 Å². The minimum absolute atomic E-state index is 0.0583. The van der Waals surface area contributed by atoms with Gasteiger partial charge in [0.1, 0.15) is 18.4 Å². The number of hydrogen-bond acceptors (Lipinski definition) is 5. The Hall–Kier alpha value is -1.14. The van der Waals surface area contributed by atoms with Gasteiger partial charge in [0.15, 0.2) is 0 Å². The van der Waals surface area contributed by atoms with Crippen molar-refractivity contribution < 1.29 is 26.2 Å². The minimum atomic E-state index is -3.19. The van der Waals surface area contributed by atoms with Crippen molar-refractivity contribution in [2.45, 2.75) is 52.5 Å². The van der Waals surface area contributed by atoms with Crippen LogP contribution in [0.15, 0.2) is 24.3 Å². The van der Waals surface area contributed by atoms with Crippen LogP contribution in [-0.2, 0) is 16.1 Å². The maximum atomic E-state index is 10.2. The summed E-state index contributed by atoms with van der Waals surface area (Å²) in [6.45, 7) is 2.68. The van der Waals surface area contributed by atoms with E-state index in [4.69, 9.17) is 21.1 Å². The van der Waals surface area contributed by atoms with Crippen molar-refractivity contribution in [1.82, 2.24) is 5.32 Å². The molecule has 0 aliphatic heterocycles. The van der Waals surface area contributed by atoms with Crippen molar-refractivity contribution in [3.05, 3.63) is 29.8 Å². The van der Waals surface area contributed by atoms with Crippen LogP contribution in [0.3, 0.4) is 0 Å². The summed E-state index contributed by atoms with van der Waals surface area (Å²) in [4.78, 5) is 0. The van der Waals surface area contributed by atoms with Gasteiger partial charge < -0.3 is 24.6 Å². The summed E-state index contributed by atoms with van der Waals surface area (Å²) >= 11 is 0. The lowest BCUT2D eigenvalue weighted by atomic mass is 10.2.